The summed E-state index contributed by atoms with van der Waals surface area (Å²) < 4.78 is 5.36. The number of carbonyl (C=O) groups is 1. The molecule has 3 N–H and O–H groups in total. The van der Waals surface area contributed by atoms with Crippen LogP contribution in [0.3, 0.4) is 0 Å². The number of nitrogens with one attached hydrogen (secondary N) is 1. The smallest absolute Gasteiger partial charge is 0.218 e. The summed E-state index contributed by atoms with van der Waals surface area (Å²) >= 11 is 0. The summed E-state index contributed by atoms with van der Waals surface area (Å²) in [6.45, 7) is 4.44. The second kappa shape index (κ2) is 4.81. The first-order valence-corrected chi connectivity index (χ1v) is 4.65. The monoisotopic (exact) mass is 196 g/mol. The fourth-order valence-corrected chi connectivity index (χ4v) is 1.23. The summed E-state index contributed by atoms with van der Waals surface area (Å²) in [7, 11) is 0. The molecule has 4 heteroatoms. The molecule has 0 saturated heterocycles. The van der Waals surface area contributed by atoms with Gasteiger partial charge in [0.05, 0.1) is 6.54 Å². The SMILES string of the molecule is Cc1ccc(CNC(C)CC(N)=O)o1. The van der Waals surface area contributed by atoms with E-state index in [9.17, 15) is 4.79 Å². The first-order valence-electron chi connectivity index (χ1n) is 4.65. The lowest BCUT2D eigenvalue weighted by molar-refractivity contribution is -0.118. The largest absolute Gasteiger partial charge is 0.465 e. The highest BCUT2D eigenvalue weighted by Crippen LogP contribution is 2.06. The molecular weight excluding hydrogens is 180 g/mol. The van der Waals surface area contributed by atoms with Crippen LogP contribution in [0.2, 0.25) is 0 Å². The van der Waals surface area contributed by atoms with Gasteiger partial charge in [0.1, 0.15) is 11.5 Å². The standard InChI is InChI=1S/C10H16N2O2/c1-7(5-10(11)13)12-6-9-4-3-8(2)14-9/h3-4,7,12H,5-6H2,1-2H3,(H2,11,13). The molecule has 1 aromatic rings. The van der Waals surface area contributed by atoms with Crippen LogP contribution in [0, 0.1) is 6.92 Å². The summed E-state index contributed by atoms with van der Waals surface area (Å²) in [6.07, 6.45) is 0.347. The molecule has 1 rings (SSSR count). The maximum absolute atomic E-state index is 10.6. The normalized spacial score (nSPS) is 12.7. The minimum absolute atomic E-state index is 0.0814. The molecule has 0 spiro atoms. The van der Waals surface area contributed by atoms with Crippen molar-refractivity contribution in [1.82, 2.24) is 5.32 Å². The van der Waals surface area contributed by atoms with Crippen LogP contribution < -0.4 is 11.1 Å². The van der Waals surface area contributed by atoms with Gasteiger partial charge in [-0.05, 0) is 26.0 Å². The van der Waals surface area contributed by atoms with Crippen molar-refractivity contribution < 1.29 is 9.21 Å². The summed E-state index contributed by atoms with van der Waals surface area (Å²) in [5, 5.41) is 3.15. The number of hydrogen-bond donors (Lipinski definition) is 2. The van der Waals surface area contributed by atoms with E-state index in [4.69, 9.17) is 10.2 Å². The Kier molecular flexibility index (Phi) is 3.71. The summed E-state index contributed by atoms with van der Waals surface area (Å²) in [4.78, 5) is 10.6. The van der Waals surface area contributed by atoms with Crippen molar-refractivity contribution in [2.24, 2.45) is 5.73 Å². The van der Waals surface area contributed by atoms with Crippen molar-refractivity contribution in [2.45, 2.75) is 32.9 Å². The quantitative estimate of drug-likeness (QED) is 0.736. The molecule has 0 fully saturated rings. The van der Waals surface area contributed by atoms with Crippen LogP contribution in [0.25, 0.3) is 0 Å². The van der Waals surface area contributed by atoms with E-state index in [2.05, 4.69) is 5.32 Å². The van der Waals surface area contributed by atoms with Crippen molar-refractivity contribution in [3.05, 3.63) is 23.7 Å². The van der Waals surface area contributed by atoms with E-state index in [1.54, 1.807) is 0 Å². The average Bonchev–Trinajstić information content (AvgIpc) is 2.47. The first kappa shape index (κ1) is 10.8. The number of furan rings is 1. The highest BCUT2D eigenvalue weighted by molar-refractivity contribution is 5.74. The minimum atomic E-state index is -0.291. The van der Waals surface area contributed by atoms with Crippen molar-refractivity contribution in [3.8, 4) is 0 Å². The molecule has 0 aliphatic carbocycles. The summed E-state index contributed by atoms with van der Waals surface area (Å²) in [5.41, 5.74) is 5.06. The third-order valence-corrected chi connectivity index (χ3v) is 1.93. The number of nitrogens with two attached hydrogens (primary N) is 1. The van der Waals surface area contributed by atoms with E-state index >= 15 is 0 Å². The number of hydrogen-bond acceptors (Lipinski definition) is 3. The van der Waals surface area contributed by atoms with Crippen LogP contribution in [0.1, 0.15) is 24.9 Å². The molecule has 0 saturated carbocycles. The van der Waals surface area contributed by atoms with Gasteiger partial charge >= 0.3 is 0 Å². The second-order valence-electron chi connectivity index (χ2n) is 3.46. The van der Waals surface area contributed by atoms with Gasteiger partial charge in [0.15, 0.2) is 0 Å². The summed E-state index contributed by atoms with van der Waals surface area (Å²) in [5.74, 6) is 1.48. The highest BCUT2D eigenvalue weighted by Gasteiger charge is 2.06. The second-order valence-corrected chi connectivity index (χ2v) is 3.46. The molecule has 0 aromatic carbocycles. The third-order valence-electron chi connectivity index (χ3n) is 1.93. The van der Waals surface area contributed by atoms with Crippen LogP contribution in [-0.2, 0) is 11.3 Å². The van der Waals surface area contributed by atoms with Crippen molar-refractivity contribution in [1.29, 1.82) is 0 Å². The van der Waals surface area contributed by atoms with Crippen molar-refractivity contribution in [2.75, 3.05) is 0 Å². The van der Waals surface area contributed by atoms with Crippen LogP contribution in [0.5, 0.6) is 0 Å². The lowest BCUT2D eigenvalue weighted by Gasteiger charge is -2.09. The number of carbonyl (C=O) groups excluding carboxylic acids is 1. The Bertz CT molecular complexity index is 307. The maximum atomic E-state index is 10.6. The minimum Gasteiger partial charge on any atom is -0.465 e. The molecule has 78 valence electrons. The average molecular weight is 196 g/mol. The van der Waals surface area contributed by atoms with Gasteiger partial charge < -0.3 is 15.5 Å². The van der Waals surface area contributed by atoms with Gasteiger partial charge in [-0.3, -0.25) is 4.79 Å². The van der Waals surface area contributed by atoms with E-state index in [0.29, 0.717) is 13.0 Å². The van der Waals surface area contributed by atoms with Crippen LogP contribution in [-0.4, -0.2) is 11.9 Å². The van der Waals surface area contributed by atoms with E-state index in [0.717, 1.165) is 11.5 Å². The molecule has 4 nitrogen and oxygen atoms in total. The van der Waals surface area contributed by atoms with Crippen LogP contribution in [0.15, 0.2) is 16.5 Å². The molecule has 1 atom stereocenters. The number of primary amides is 1. The lowest BCUT2D eigenvalue weighted by Crippen LogP contribution is -2.30. The Morgan fingerprint density at radius 1 is 1.64 bits per heavy atom. The predicted octanol–water partition coefficient (Wildman–Crippen LogP) is 0.942. The Balaban J connectivity index is 2.30. The molecule has 1 amide bonds. The zero-order chi connectivity index (χ0) is 10.6. The van der Waals surface area contributed by atoms with E-state index in [1.807, 2.05) is 26.0 Å². The molecule has 1 heterocycles. The molecular formula is C10H16N2O2. The van der Waals surface area contributed by atoms with Crippen molar-refractivity contribution in [3.63, 3.8) is 0 Å². The molecule has 0 bridgehead atoms. The molecule has 0 radical (unpaired) electrons. The molecule has 0 aliphatic heterocycles. The van der Waals surface area contributed by atoms with Gasteiger partial charge in [-0.15, -0.1) is 0 Å². The Labute approximate surface area is 83.5 Å². The van der Waals surface area contributed by atoms with E-state index in [-0.39, 0.29) is 11.9 Å². The molecule has 1 unspecified atom stereocenters. The highest BCUT2D eigenvalue weighted by atomic mass is 16.3. The van der Waals surface area contributed by atoms with Gasteiger partial charge in [-0.1, -0.05) is 0 Å². The molecule has 1 aromatic heterocycles. The van der Waals surface area contributed by atoms with Gasteiger partial charge in [-0.25, -0.2) is 0 Å². The number of aryl methyl sites for hydroxylation is 1. The molecule has 14 heavy (non-hydrogen) atoms. The van der Waals surface area contributed by atoms with Crippen molar-refractivity contribution >= 4 is 5.91 Å². The van der Waals surface area contributed by atoms with Gasteiger partial charge in [0, 0.05) is 12.5 Å². The number of amides is 1. The number of rotatable bonds is 5. The van der Waals surface area contributed by atoms with E-state index in [1.165, 1.54) is 0 Å². The van der Waals surface area contributed by atoms with Gasteiger partial charge in [0.25, 0.3) is 0 Å². The van der Waals surface area contributed by atoms with E-state index < -0.39 is 0 Å². The van der Waals surface area contributed by atoms with Crippen LogP contribution >= 0.6 is 0 Å². The zero-order valence-electron chi connectivity index (χ0n) is 8.54. The topological polar surface area (TPSA) is 68.3 Å². The Morgan fingerprint density at radius 2 is 2.36 bits per heavy atom. The lowest BCUT2D eigenvalue weighted by atomic mass is 10.2. The first-order chi connectivity index (χ1) is 6.58. The zero-order valence-corrected chi connectivity index (χ0v) is 8.54. The van der Waals surface area contributed by atoms with Crippen LogP contribution in [0.4, 0.5) is 0 Å². The molecule has 0 aliphatic rings. The fraction of sp³-hybridized carbons (Fsp3) is 0.500. The maximum Gasteiger partial charge on any atom is 0.218 e. The third kappa shape index (κ3) is 3.62. The Morgan fingerprint density at radius 3 is 2.86 bits per heavy atom. The predicted molar refractivity (Wildman–Crippen MR) is 53.6 cm³/mol. The van der Waals surface area contributed by atoms with Gasteiger partial charge in [-0.2, -0.15) is 0 Å². The summed E-state index contributed by atoms with van der Waals surface area (Å²) in [6, 6.07) is 3.91. The fourth-order valence-electron chi connectivity index (χ4n) is 1.23. The van der Waals surface area contributed by atoms with Gasteiger partial charge in [0.2, 0.25) is 5.91 Å². The Hall–Kier alpha value is -1.29.